The summed E-state index contributed by atoms with van der Waals surface area (Å²) in [5.74, 6) is 0. The van der Waals surface area contributed by atoms with Crippen LogP contribution in [0.5, 0.6) is 0 Å². The third-order valence-corrected chi connectivity index (χ3v) is 4.53. The molecule has 0 spiro atoms. The fraction of sp³-hybridized carbons (Fsp3) is 0.600. The van der Waals surface area contributed by atoms with Gasteiger partial charge in [0.15, 0.2) is 0 Å². The third-order valence-electron chi connectivity index (χ3n) is 2.90. The number of hydrogen-bond donors (Lipinski definition) is 0. The van der Waals surface area contributed by atoms with Gasteiger partial charge in [0.1, 0.15) is 0 Å². The van der Waals surface area contributed by atoms with Gasteiger partial charge in [-0.05, 0) is 0 Å². The standard InChI is InChI=1S/C10H15.Rh.2H/c1-7-6-10(4,5)9(3)8(7)2;;;/h1-5H3;;;/q;;2*-1. The normalized spacial score (nSPS) is 23.5. The molecule has 11 heavy (non-hydrogen) atoms. The molecular formula is C10H17Rh-2. The third kappa shape index (κ3) is 1.14. The fourth-order valence-electron chi connectivity index (χ4n) is 1.53. The van der Waals surface area contributed by atoms with E-state index in [1.54, 1.807) is 0 Å². The van der Waals surface area contributed by atoms with Crippen LogP contribution < -0.4 is 0 Å². The molecule has 0 N–H and O–H groups in total. The monoisotopic (exact) mass is 240 g/mol. The second-order valence-corrected chi connectivity index (χ2v) is 4.61. The maximum absolute atomic E-state index is 3.07. The van der Waals surface area contributed by atoms with Gasteiger partial charge in [0, 0.05) is 0 Å². The van der Waals surface area contributed by atoms with E-state index in [0.29, 0.717) is 0 Å². The molecule has 68 valence electrons. The van der Waals surface area contributed by atoms with Crippen LogP contribution in [0, 0.1) is 5.41 Å². The van der Waals surface area contributed by atoms with Crippen molar-refractivity contribution in [3.63, 3.8) is 0 Å². The molecule has 0 amide bonds. The topological polar surface area (TPSA) is 0 Å². The van der Waals surface area contributed by atoms with E-state index in [0.717, 1.165) is 0 Å². The Morgan fingerprint density at radius 3 is 1.64 bits per heavy atom. The molecule has 0 saturated heterocycles. The molecule has 0 aromatic rings. The van der Waals surface area contributed by atoms with Gasteiger partial charge < -0.3 is 2.85 Å². The molecule has 0 aromatic heterocycles. The van der Waals surface area contributed by atoms with E-state index in [2.05, 4.69) is 52.9 Å². The SMILES string of the molecule is CC1=C(C)C(C)(C)[C]([Rh])=C1C.[H-].[H-]. The Morgan fingerprint density at radius 2 is 1.55 bits per heavy atom. The predicted molar refractivity (Wildman–Crippen MR) is 47.1 cm³/mol. The molecular weight excluding hydrogens is 223 g/mol. The summed E-state index contributed by atoms with van der Waals surface area (Å²) < 4.78 is 1.42. The Bertz CT molecular complexity index is 236. The molecule has 0 fully saturated rings. The van der Waals surface area contributed by atoms with Crippen molar-refractivity contribution in [2.75, 3.05) is 0 Å². The molecule has 0 aromatic carbocycles. The van der Waals surface area contributed by atoms with Gasteiger partial charge in [-0.3, -0.25) is 0 Å². The van der Waals surface area contributed by atoms with Crippen molar-refractivity contribution in [3.05, 3.63) is 20.9 Å². The van der Waals surface area contributed by atoms with E-state index in [-0.39, 0.29) is 8.27 Å². The molecule has 1 rings (SSSR count). The molecule has 0 nitrogen and oxygen atoms in total. The smallest absolute Gasteiger partial charge is 1.00 e. The first kappa shape index (κ1) is 9.19. The molecule has 1 heteroatoms. The first-order chi connectivity index (χ1) is 4.89. The quantitative estimate of drug-likeness (QED) is 0.569. The van der Waals surface area contributed by atoms with Crippen LogP contribution in [0.2, 0.25) is 0 Å². The molecule has 0 bridgehead atoms. The molecule has 0 radical (unpaired) electrons. The summed E-state index contributed by atoms with van der Waals surface area (Å²) in [6.07, 6.45) is 0. The van der Waals surface area contributed by atoms with E-state index in [4.69, 9.17) is 0 Å². The van der Waals surface area contributed by atoms with Crippen LogP contribution in [0.4, 0.5) is 0 Å². The van der Waals surface area contributed by atoms with Crippen molar-refractivity contribution < 1.29 is 21.2 Å². The summed E-state index contributed by atoms with van der Waals surface area (Å²) in [5.41, 5.74) is 4.68. The first-order valence-electron chi connectivity index (χ1n) is 3.92. The Balaban J connectivity index is 0. The summed E-state index contributed by atoms with van der Waals surface area (Å²) in [7, 11) is 0. The molecule has 1 aliphatic rings. The molecule has 0 heterocycles. The van der Waals surface area contributed by atoms with Gasteiger partial charge in [-0.15, -0.1) is 0 Å². The van der Waals surface area contributed by atoms with Crippen LogP contribution in [0.15, 0.2) is 20.9 Å². The minimum Gasteiger partial charge on any atom is -1.00 e. The van der Waals surface area contributed by atoms with Crippen molar-refractivity contribution >= 4 is 0 Å². The van der Waals surface area contributed by atoms with Crippen molar-refractivity contribution in [1.29, 1.82) is 0 Å². The van der Waals surface area contributed by atoms with E-state index >= 15 is 0 Å². The van der Waals surface area contributed by atoms with Crippen molar-refractivity contribution in [2.45, 2.75) is 34.6 Å². The molecule has 0 saturated carbocycles. The molecule has 0 atom stereocenters. The van der Waals surface area contributed by atoms with E-state index in [9.17, 15) is 0 Å². The van der Waals surface area contributed by atoms with Crippen LogP contribution in [0.25, 0.3) is 0 Å². The summed E-state index contributed by atoms with van der Waals surface area (Å²) in [4.78, 5) is 0. The van der Waals surface area contributed by atoms with Crippen molar-refractivity contribution in [2.24, 2.45) is 5.41 Å². The maximum Gasteiger partial charge on any atom is -1.00 e. The minimum atomic E-state index is 0. The van der Waals surface area contributed by atoms with Gasteiger partial charge in [-0.2, -0.15) is 0 Å². The van der Waals surface area contributed by atoms with Crippen LogP contribution in [-0.4, -0.2) is 0 Å². The Labute approximate surface area is 82.4 Å². The van der Waals surface area contributed by atoms with Crippen molar-refractivity contribution in [3.8, 4) is 0 Å². The number of rotatable bonds is 0. The predicted octanol–water partition coefficient (Wildman–Crippen LogP) is 3.41. The Hall–Kier alpha value is 0.103. The average molecular weight is 240 g/mol. The van der Waals surface area contributed by atoms with Gasteiger partial charge in [0.2, 0.25) is 0 Å². The maximum atomic E-state index is 3.07. The number of allylic oxidation sites excluding steroid dienone is 4. The minimum absolute atomic E-state index is 0. The average Bonchev–Trinajstić information content (AvgIpc) is 2.06. The summed E-state index contributed by atoms with van der Waals surface area (Å²) >= 11 is 3.07. The van der Waals surface area contributed by atoms with Gasteiger partial charge >= 0.3 is 79.2 Å². The van der Waals surface area contributed by atoms with Crippen LogP contribution in [0.1, 0.15) is 37.5 Å². The Kier molecular flexibility index (Phi) is 2.14. The fourth-order valence-corrected chi connectivity index (χ4v) is 2.15. The summed E-state index contributed by atoms with van der Waals surface area (Å²) in [6.45, 7) is 11.2. The van der Waals surface area contributed by atoms with E-state index in [1.165, 1.54) is 20.9 Å². The molecule has 0 unspecified atom stereocenters. The van der Waals surface area contributed by atoms with E-state index in [1.807, 2.05) is 0 Å². The summed E-state index contributed by atoms with van der Waals surface area (Å²) in [6, 6.07) is 0. The zero-order valence-electron chi connectivity index (χ0n) is 9.83. The second kappa shape index (κ2) is 2.55. The second-order valence-electron chi connectivity index (χ2n) is 3.79. The van der Waals surface area contributed by atoms with E-state index < -0.39 is 0 Å². The first-order valence-corrected chi connectivity index (χ1v) is 4.74. The zero-order chi connectivity index (χ0) is 8.81. The van der Waals surface area contributed by atoms with Gasteiger partial charge in [-0.1, -0.05) is 0 Å². The molecule has 0 aliphatic heterocycles. The van der Waals surface area contributed by atoms with Crippen LogP contribution >= 0.6 is 0 Å². The summed E-state index contributed by atoms with van der Waals surface area (Å²) in [5, 5.41) is 0. The Morgan fingerprint density at radius 1 is 1.09 bits per heavy atom. The van der Waals surface area contributed by atoms with Crippen LogP contribution in [0.3, 0.4) is 0 Å². The number of hydrogen-bond acceptors (Lipinski definition) is 0. The largest absolute Gasteiger partial charge is 1.00 e. The zero-order valence-corrected chi connectivity index (χ0v) is 9.47. The van der Waals surface area contributed by atoms with Gasteiger partial charge in [0.05, 0.1) is 0 Å². The van der Waals surface area contributed by atoms with Crippen LogP contribution in [-0.2, 0) is 18.3 Å². The van der Waals surface area contributed by atoms with Gasteiger partial charge in [-0.25, -0.2) is 0 Å². The van der Waals surface area contributed by atoms with Gasteiger partial charge in [0.25, 0.3) is 0 Å². The molecule has 1 aliphatic carbocycles. The van der Waals surface area contributed by atoms with Crippen molar-refractivity contribution in [1.82, 2.24) is 0 Å².